The first-order valence-electron chi connectivity index (χ1n) is 10.6. The van der Waals surface area contributed by atoms with E-state index in [0.717, 1.165) is 0 Å². The molecule has 0 amide bonds. The first-order valence-corrected chi connectivity index (χ1v) is 11.4. The van der Waals surface area contributed by atoms with Crippen molar-refractivity contribution >= 4 is 23.1 Å². The van der Waals surface area contributed by atoms with Gasteiger partial charge in [0.2, 0.25) is 0 Å². The minimum Gasteiger partial charge on any atom is -0.338 e. The molecule has 146 valence electrons. The van der Waals surface area contributed by atoms with Crippen LogP contribution in [0.3, 0.4) is 0 Å². The van der Waals surface area contributed by atoms with E-state index < -0.39 is 0 Å². The molecule has 0 bridgehead atoms. The van der Waals surface area contributed by atoms with Gasteiger partial charge in [0.15, 0.2) is 0 Å². The summed E-state index contributed by atoms with van der Waals surface area (Å²) in [5.41, 5.74) is 7.83. The molecule has 0 radical (unpaired) electrons. The van der Waals surface area contributed by atoms with Gasteiger partial charge < -0.3 is 4.90 Å². The van der Waals surface area contributed by atoms with E-state index in [4.69, 9.17) is 0 Å². The molecule has 0 atom stereocenters. The Kier molecular flexibility index (Phi) is 3.88. The van der Waals surface area contributed by atoms with Gasteiger partial charge in [0.1, 0.15) is 0 Å². The van der Waals surface area contributed by atoms with Crippen molar-refractivity contribution in [3.8, 4) is 0 Å². The molecule has 2 heteroatoms. The number of para-hydroxylation sites is 2. The van der Waals surface area contributed by atoms with E-state index in [1.807, 2.05) is 11.8 Å². The zero-order chi connectivity index (χ0) is 20.3. The molecule has 0 N–H and O–H groups in total. The lowest BCUT2D eigenvalue weighted by Crippen LogP contribution is -2.42. The average Bonchev–Trinajstić information content (AvgIpc) is 2.79. The molecule has 2 aliphatic rings. The van der Waals surface area contributed by atoms with Crippen molar-refractivity contribution in [2.24, 2.45) is 0 Å². The second-order valence-corrected chi connectivity index (χ2v) is 9.43. The highest BCUT2D eigenvalue weighted by Gasteiger charge is 2.49. The fraction of sp³-hybridized carbons (Fsp3) is 0.143. The van der Waals surface area contributed by atoms with Gasteiger partial charge in [-0.25, -0.2) is 0 Å². The molecule has 6 rings (SSSR count). The zero-order valence-corrected chi connectivity index (χ0v) is 18.0. The molecule has 1 nitrogen and oxygen atoms in total. The Hall–Kier alpha value is -2.97. The maximum absolute atomic E-state index is 2.50. The van der Waals surface area contributed by atoms with E-state index in [0.29, 0.717) is 6.04 Å². The summed E-state index contributed by atoms with van der Waals surface area (Å²) in [7, 11) is 0. The van der Waals surface area contributed by atoms with Crippen LogP contribution in [0.5, 0.6) is 0 Å². The van der Waals surface area contributed by atoms with Crippen LogP contribution in [-0.2, 0) is 5.41 Å². The molecule has 0 saturated heterocycles. The van der Waals surface area contributed by atoms with E-state index in [1.165, 1.54) is 43.4 Å². The molecule has 0 aromatic heterocycles. The molecule has 30 heavy (non-hydrogen) atoms. The standard InChI is InChI=1S/C28H23NS/c1-19(2)29-24-15-7-3-11-20(24)28(21-12-4-8-16-25(21)29)22-13-5-9-17-26(22)30-27-18-10-6-14-23(27)28/h3-19H,1-2H3. The van der Waals surface area contributed by atoms with Crippen LogP contribution in [0.4, 0.5) is 11.4 Å². The molecule has 4 aromatic carbocycles. The van der Waals surface area contributed by atoms with Crippen molar-refractivity contribution in [2.45, 2.75) is 35.1 Å². The van der Waals surface area contributed by atoms with Crippen molar-refractivity contribution in [1.29, 1.82) is 0 Å². The lowest BCUT2D eigenvalue weighted by atomic mass is 9.62. The third kappa shape index (κ3) is 2.20. The third-order valence-corrected chi connectivity index (χ3v) is 7.61. The molecule has 1 spiro atoms. The predicted octanol–water partition coefficient (Wildman–Crippen LogP) is 7.39. The van der Waals surface area contributed by atoms with Gasteiger partial charge in [-0.2, -0.15) is 0 Å². The number of hydrogen-bond acceptors (Lipinski definition) is 2. The van der Waals surface area contributed by atoms with E-state index in [9.17, 15) is 0 Å². The summed E-state index contributed by atoms with van der Waals surface area (Å²) >= 11 is 1.89. The highest BCUT2D eigenvalue weighted by Crippen LogP contribution is 2.61. The molecular formula is C28H23NS. The smallest absolute Gasteiger partial charge is 0.0763 e. The molecular weight excluding hydrogens is 382 g/mol. The van der Waals surface area contributed by atoms with Crippen LogP contribution in [-0.4, -0.2) is 6.04 Å². The van der Waals surface area contributed by atoms with Gasteiger partial charge in [0.25, 0.3) is 0 Å². The normalized spacial score (nSPS) is 15.4. The summed E-state index contributed by atoms with van der Waals surface area (Å²) in [4.78, 5) is 5.20. The van der Waals surface area contributed by atoms with E-state index in [-0.39, 0.29) is 5.41 Å². The predicted molar refractivity (Wildman–Crippen MR) is 126 cm³/mol. The van der Waals surface area contributed by atoms with Gasteiger partial charge in [-0.05, 0) is 60.4 Å². The maximum Gasteiger partial charge on any atom is 0.0763 e. The summed E-state index contributed by atoms with van der Waals surface area (Å²) in [6.07, 6.45) is 0. The maximum atomic E-state index is 2.50. The average molecular weight is 406 g/mol. The van der Waals surface area contributed by atoms with Crippen LogP contribution >= 0.6 is 11.8 Å². The topological polar surface area (TPSA) is 3.24 Å². The molecule has 0 unspecified atom stereocenters. The van der Waals surface area contributed by atoms with Crippen LogP contribution in [0, 0.1) is 0 Å². The summed E-state index contributed by atoms with van der Waals surface area (Å²) < 4.78 is 0. The van der Waals surface area contributed by atoms with Gasteiger partial charge in [0.05, 0.1) is 5.41 Å². The Morgan fingerprint density at radius 3 is 1.43 bits per heavy atom. The first kappa shape index (κ1) is 17.9. The monoisotopic (exact) mass is 405 g/mol. The number of rotatable bonds is 1. The fourth-order valence-electron chi connectivity index (χ4n) is 5.41. The van der Waals surface area contributed by atoms with E-state index in [1.54, 1.807) is 0 Å². The molecule has 4 aromatic rings. The van der Waals surface area contributed by atoms with Gasteiger partial charge in [0, 0.05) is 27.2 Å². The minimum absolute atomic E-state index is 0.309. The number of nitrogens with zero attached hydrogens (tertiary/aromatic N) is 1. The SMILES string of the molecule is CC(C)N1c2ccccc2C2(c3ccccc3Sc3ccccc32)c2ccccc21. The van der Waals surface area contributed by atoms with Crippen molar-refractivity contribution in [3.63, 3.8) is 0 Å². The summed E-state index contributed by atoms with van der Waals surface area (Å²) in [5, 5.41) is 0. The first-order chi connectivity index (χ1) is 14.7. The van der Waals surface area contributed by atoms with Crippen LogP contribution in [0.2, 0.25) is 0 Å². The van der Waals surface area contributed by atoms with Crippen LogP contribution in [0.25, 0.3) is 0 Å². The van der Waals surface area contributed by atoms with Crippen LogP contribution < -0.4 is 4.90 Å². The molecule has 2 heterocycles. The van der Waals surface area contributed by atoms with Gasteiger partial charge in [-0.15, -0.1) is 0 Å². The second kappa shape index (κ2) is 6.52. The number of anilines is 2. The molecule has 0 saturated carbocycles. The van der Waals surface area contributed by atoms with Gasteiger partial charge >= 0.3 is 0 Å². The molecule has 0 aliphatic carbocycles. The Balaban J connectivity index is 1.84. The Labute approximate surface area is 182 Å². The van der Waals surface area contributed by atoms with Crippen molar-refractivity contribution in [2.75, 3.05) is 4.90 Å². The Morgan fingerprint density at radius 1 is 0.567 bits per heavy atom. The van der Waals surface area contributed by atoms with E-state index in [2.05, 4.69) is 116 Å². The zero-order valence-electron chi connectivity index (χ0n) is 17.2. The van der Waals surface area contributed by atoms with E-state index >= 15 is 0 Å². The molecule has 2 aliphatic heterocycles. The van der Waals surface area contributed by atoms with Crippen LogP contribution in [0.15, 0.2) is 107 Å². The minimum atomic E-state index is -0.309. The summed E-state index contributed by atoms with van der Waals surface area (Å²) in [6, 6.07) is 36.3. The van der Waals surface area contributed by atoms with Crippen molar-refractivity contribution < 1.29 is 0 Å². The Bertz CT molecular complexity index is 1180. The lowest BCUT2D eigenvalue weighted by Gasteiger charge is -2.49. The molecule has 0 fully saturated rings. The number of fused-ring (bicyclic) bond motifs is 8. The van der Waals surface area contributed by atoms with Crippen molar-refractivity contribution in [1.82, 2.24) is 0 Å². The summed E-state index contributed by atoms with van der Waals surface area (Å²) in [5.74, 6) is 0. The third-order valence-electron chi connectivity index (χ3n) is 6.45. The van der Waals surface area contributed by atoms with Gasteiger partial charge in [-0.1, -0.05) is 84.6 Å². The quantitative estimate of drug-likeness (QED) is 0.286. The fourth-order valence-corrected chi connectivity index (χ4v) is 6.60. The largest absolute Gasteiger partial charge is 0.338 e. The second-order valence-electron chi connectivity index (χ2n) is 8.34. The highest BCUT2D eigenvalue weighted by molar-refractivity contribution is 7.99. The highest BCUT2D eigenvalue weighted by atomic mass is 32.2. The summed E-state index contributed by atoms with van der Waals surface area (Å²) in [6.45, 7) is 4.56. The lowest BCUT2D eigenvalue weighted by molar-refractivity contribution is 0.662. The Morgan fingerprint density at radius 2 is 0.967 bits per heavy atom. The van der Waals surface area contributed by atoms with Crippen molar-refractivity contribution in [3.05, 3.63) is 119 Å². The number of benzene rings is 4. The number of hydrogen-bond donors (Lipinski definition) is 0. The van der Waals surface area contributed by atoms with Gasteiger partial charge in [-0.3, -0.25) is 0 Å². The van der Waals surface area contributed by atoms with Crippen LogP contribution in [0.1, 0.15) is 36.1 Å².